The van der Waals surface area contributed by atoms with Gasteiger partial charge >= 0.3 is 0 Å². The summed E-state index contributed by atoms with van der Waals surface area (Å²) in [5, 5.41) is 0. The highest BCUT2D eigenvalue weighted by molar-refractivity contribution is 4.95. The second kappa shape index (κ2) is 4.40. The molecular formula is C12H22O3. The fourth-order valence-electron chi connectivity index (χ4n) is 2.53. The van der Waals surface area contributed by atoms with Gasteiger partial charge in [-0.05, 0) is 19.8 Å². The van der Waals surface area contributed by atoms with Crippen LogP contribution in [0, 0.1) is 11.8 Å². The summed E-state index contributed by atoms with van der Waals surface area (Å²) >= 11 is 0. The third-order valence-electron chi connectivity index (χ3n) is 3.35. The van der Waals surface area contributed by atoms with Gasteiger partial charge in [-0.15, -0.1) is 0 Å². The minimum Gasteiger partial charge on any atom is -0.372 e. The molecule has 0 bridgehead atoms. The first-order valence-corrected chi connectivity index (χ1v) is 5.98. The molecule has 0 saturated carbocycles. The lowest BCUT2D eigenvalue weighted by Gasteiger charge is -2.20. The minimum atomic E-state index is 0.138. The molecule has 2 aliphatic heterocycles. The summed E-state index contributed by atoms with van der Waals surface area (Å²) in [7, 11) is 0. The van der Waals surface area contributed by atoms with E-state index in [-0.39, 0.29) is 24.4 Å². The average Bonchev–Trinajstić information content (AvgIpc) is 2.66. The molecule has 0 radical (unpaired) electrons. The fraction of sp³-hybridized carbons (Fsp3) is 1.00. The standard InChI is InChI=1S/C12H22O3/c1-7(2)9-5-13-12-10(15-8(3)4)6-14-11(9)12/h7-12H,5-6H2,1-4H3/t9-,10-,11+,12+/m0/s1. The van der Waals surface area contributed by atoms with Crippen LogP contribution in [0.1, 0.15) is 27.7 Å². The summed E-state index contributed by atoms with van der Waals surface area (Å²) in [5.74, 6) is 1.16. The second-order valence-corrected chi connectivity index (χ2v) is 5.23. The second-order valence-electron chi connectivity index (χ2n) is 5.23. The van der Waals surface area contributed by atoms with Gasteiger partial charge in [0, 0.05) is 5.92 Å². The Morgan fingerprint density at radius 3 is 2.27 bits per heavy atom. The minimum absolute atomic E-state index is 0.138. The number of hydrogen-bond acceptors (Lipinski definition) is 3. The molecule has 0 amide bonds. The molecule has 0 aromatic carbocycles. The Kier molecular flexibility index (Phi) is 3.33. The molecule has 0 N–H and O–H groups in total. The Bertz CT molecular complexity index is 215. The molecule has 4 atom stereocenters. The molecule has 88 valence electrons. The molecule has 2 aliphatic rings. The van der Waals surface area contributed by atoms with Crippen LogP contribution >= 0.6 is 0 Å². The molecule has 2 heterocycles. The highest BCUT2D eigenvalue weighted by Crippen LogP contribution is 2.36. The molecule has 2 rings (SSSR count). The lowest BCUT2D eigenvalue weighted by atomic mass is 9.90. The summed E-state index contributed by atoms with van der Waals surface area (Å²) in [6.45, 7) is 10.1. The monoisotopic (exact) mass is 214 g/mol. The first kappa shape index (κ1) is 11.4. The van der Waals surface area contributed by atoms with Crippen LogP contribution in [0.3, 0.4) is 0 Å². The van der Waals surface area contributed by atoms with Crippen LogP contribution in [-0.4, -0.2) is 37.6 Å². The van der Waals surface area contributed by atoms with Crippen LogP contribution in [0.4, 0.5) is 0 Å². The van der Waals surface area contributed by atoms with E-state index in [1.807, 2.05) is 0 Å². The van der Waals surface area contributed by atoms with E-state index in [0.717, 1.165) is 6.61 Å². The van der Waals surface area contributed by atoms with E-state index in [4.69, 9.17) is 14.2 Å². The first-order valence-electron chi connectivity index (χ1n) is 5.98. The van der Waals surface area contributed by atoms with Crippen molar-refractivity contribution in [2.45, 2.75) is 52.1 Å². The summed E-state index contributed by atoms with van der Waals surface area (Å²) < 4.78 is 17.4. The SMILES string of the molecule is CC(C)O[C@H]1CO[C@H]2[C@@H]1OC[C@H]2C(C)C. The van der Waals surface area contributed by atoms with Crippen LogP contribution < -0.4 is 0 Å². The van der Waals surface area contributed by atoms with Crippen molar-refractivity contribution in [3.63, 3.8) is 0 Å². The topological polar surface area (TPSA) is 27.7 Å². The van der Waals surface area contributed by atoms with Crippen LogP contribution in [0.15, 0.2) is 0 Å². The predicted octanol–water partition coefficient (Wildman–Crippen LogP) is 1.85. The number of hydrogen-bond donors (Lipinski definition) is 0. The van der Waals surface area contributed by atoms with Crippen LogP contribution in [0.2, 0.25) is 0 Å². The lowest BCUT2D eigenvalue weighted by Crippen LogP contribution is -2.33. The maximum Gasteiger partial charge on any atom is 0.112 e. The quantitative estimate of drug-likeness (QED) is 0.717. The predicted molar refractivity (Wildman–Crippen MR) is 57.8 cm³/mol. The van der Waals surface area contributed by atoms with E-state index in [2.05, 4.69) is 27.7 Å². The number of fused-ring (bicyclic) bond motifs is 1. The molecule has 2 saturated heterocycles. The Hall–Kier alpha value is -0.120. The van der Waals surface area contributed by atoms with Crippen LogP contribution in [0.5, 0.6) is 0 Å². The zero-order valence-corrected chi connectivity index (χ0v) is 10.1. The van der Waals surface area contributed by atoms with E-state index < -0.39 is 0 Å². The average molecular weight is 214 g/mol. The third-order valence-corrected chi connectivity index (χ3v) is 3.35. The van der Waals surface area contributed by atoms with Crippen molar-refractivity contribution in [2.24, 2.45) is 11.8 Å². The zero-order valence-electron chi connectivity index (χ0n) is 10.1. The van der Waals surface area contributed by atoms with Crippen LogP contribution in [0.25, 0.3) is 0 Å². The van der Waals surface area contributed by atoms with Gasteiger partial charge < -0.3 is 14.2 Å². The summed E-state index contributed by atoms with van der Waals surface area (Å²) in [6.07, 6.45) is 0.811. The molecular weight excluding hydrogens is 192 g/mol. The van der Waals surface area contributed by atoms with E-state index >= 15 is 0 Å². The lowest BCUT2D eigenvalue weighted by molar-refractivity contribution is -0.0587. The van der Waals surface area contributed by atoms with Gasteiger partial charge in [0.2, 0.25) is 0 Å². The van der Waals surface area contributed by atoms with Crippen molar-refractivity contribution < 1.29 is 14.2 Å². The fourth-order valence-corrected chi connectivity index (χ4v) is 2.53. The molecule has 3 nitrogen and oxygen atoms in total. The number of ether oxygens (including phenoxy) is 3. The van der Waals surface area contributed by atoms with Gasteiger partial charge in [0.1, 0.15) is 12.2 Å². The van der Waals surface area contributed by atoms with Gasteiger partial charge in [-0.25, -0.2) is 0 Å². The molecule has 2 fully saturated rings. The van der Waals surface area contributed by atoms with E-state index in [1.165, 1.54) is 0 Å². The van der Waals surface area contributed by atoms with Gasteiger partial charge in [0.25, 0.3) is 0 Å². The third kappa shape index (κ3) is 2.19. The van der Waals surface area contributed by atoms with E-state index in [1.54, 1.807) is 0 Å². The maximum absolute atomic E-state index is 5.81. The van der Waals surface area contributed by atoms with Crippen molar-refractivity contribution in [1.82, 2.24) is 0 Å². The summed E-state index contributed by atoms with van der Waals surface area (Å²) in [4.78, 5) is 0. The Morgan fingerprint density at radius 2 is 1.67 bits per heavy atom. The van der Waals surface area contributed by atoms with Crippen molar-refractivity contribution in [3.05, 3.63) is 0 Å². The highest BCUT2D eigenvalue weighted by Gasteiger charge is 2.49. The molecule has 0 spiro atoms. The maximum atomic E-state index is 5.81. The largest absolute Gasteiger partial charge is 0.372 e. The zero-order chi connectivity index (χ0) is 11.0. The Morgan fingerprint density at radius 1 is 1.00 bits per heavy atom. The van der Waals surface area contributed by atoms with Gasteiger partial charge in [-0.1, -0.05) is 13.8 Å². The molecule has 0 aliphatic carbocycles. The number of rotatable bonds is 3. The van der Waals surface area contributed by atoms with E-state index in [0.29, 0.717) is 18.4 Å². The molecule has 15 heavy (non-hydrogen) atoms. The smallest absolute Gasteiger partial charge is 0.112 e. The van der Waals surface area contributed by atoms with Crippen molar-refractivity contribution in [1.29, 1.82) is 0 Å². The van der Waals surface area contributed by atoms with Crippen molar-refractivity contribution >= 4 is 0 Å². The van der Waals surface area contributed by atoms with Crippen molar-refractivity contribution in [2.75, 3.05) is 13.2 Å². The van der Waals surface area contributed by atoms with Gasteiger partial charge in [0.15, 0.2) is 0 Å². The molecule has 0 aromatic rings. The molecule has 0 aromatic heterocycles. The van der Waals surface area contributed by atoms with Crippen molar-refractivity contribution in [3.8, 4) is 0 Å². The first-order chi connectivity index (χ1) is 7.09. The van der Waals surface area contributed by atoms with Crippen LogP contribution in [-0.2, 0) is 14.2 Å². The Labute approximate surface area is 92.1 Å². The molecule has 0 unspecified atom stereocenters. The normalized spacial score (nSPS) is 40.4. The van der Waals surface area contributed by atoms with Gasteiger partial charge in [-0.2, -0.15) is 0 Å². The van der Waals surface area contributed by atoms with Gasteiger partial charge in [-0.3, -0.25) is 0 Å². The highest BCUT2D eigenvalue weighted by atomic mass is 16.6. The summed E-state index contributed by atoms with van der Waals surface area (Å²) in [5.41, 5.74) is 0. The van der Waals surface area contributed by atoms with Gasteiger partial charge in [0.05, 0.1) is 25.4 Å². The Balaban J connectivity index is 1.96. The molecule has 3 heteroatoms. The van der Waals surface area contributed by atoms with E-state index in [9.17, 15) is 0 Å². The summed E-state index contributed by atoms with van der Waals surface area (Å²) in [6, 6.07) is 0.